The Labute approximate surface area is 191 Å². The van der Waals surface area contributed by atoms with Crippen LogP contribution in [-0.4, -0.2) is 0 Å². The van der Waals surface area contributed by atoms with Gasteiger partial charge in [-0.05, 0) is 98.8 Å². The van der Waals surface area contributed by atoms with Gasteiger partial charge in [-0.15, -0.1) is 0 Å². The van der Waals surface area contributed by atoms with Crippen LogP contribution >= 0.6 is 0 Å². The first-order chi connectivity index (χ1) is 15.5. The number of halogens is 2. The van der Waals surface area contributed by atoms with Crippen LogP contribution in [0.2, 0.25) is 0 Å². The van der Waals surface area contributed by atoms with Gasteiger partial charge in [-0.25, -0.2) is 8.78 Å². The lowest BCUT2D eigenvalue weighted by atomic mass is 9.70. The molecule has 0 heterocycles. The van der Waals surface area contributed by atoms with Gasteiger partial charge >= 0.3 is 0 Å². The van der Waals surface area contributed by atoms with Gasteiger partial charge in [0.2, 0.25) is 0 Å². The number of ether oxygens (including phenoxy) is 1. The Bertz CT molecular complexity index is 909. The van der Waals surface area contributed by atoms with E-state index in [2.05, 4.69) is 31.2 Å². The van der Waals surface area contributed by atoms with Crippen LogP contribution in [0.15, 0.2) is 48.6 Å². The van der Waals surface area contributed by atoms with Gasteiger partial charge in [0.05, 0.1) is 0 Å². The molecule has 1 nitrogen and oxygen atoms in total. The van der Waals surface area contributed by atoms with Gasteiger partial charge in [0, 0.05) is 5.56 Å². The summed E-state index contributed by atoms with van der Waals surface area (Å²) in [4.78, 5) is 0. The SMILES string of the molecule is CCCC1C=CC(C2CCC(c3ccc(OCc4ccc(C)c(F)c4F)cc3)CC2)CC1. The first kappa shape index (κ1) is 23.0. The van der Waals surface area contributed by atoms with E-state index in [0.717, 1.165) is 17.8 Å². The number of allylic oxidation sites excluding steroid dienone is 2. The van der Waals surface area contributed by atoms with Crippen LogP contribution in [0.25, 0.3) is 0 Å². The van der Waals surface area contributed by atoms with E-state index in [9.17, 15) is 8.78 Å². The highest BCUT2D eigenvalue weighted by Gasteiger charge is 2.28. The molecule has 0 aromatic heterocycles. The molecule has 32 heavy (non-hydrogen) atoms. The third-order valence-corrected chi connectivity index (χ3v) is 7.64. The molecule has 0 saturated heterocycles. The number of benzene rings is 2. The molecule has 0 aliphatic heterocycles. The minimum absolute atomic E-state index is 0.0293. The molecule has 0 bridgehead atoms. The minimum Gasteiger partial charge on any atom is -0.489 e. The first-order valence-electron chi connectivity index (χ1n) is 12.4. The summed E-state index contributed by atoms with van der Waals surface area (Å²) in [5.74, 6) is 2.15. The van der Waals surface area contributed by atoms with E-state index in [-0.39, 0.29) is 12.2 Å². The summed E-state index contributed by atoms with van der Waals surface area (Å²) in [6, 6.07) is 11.4. The van der Waals surface area contributed by atoms with Gasteiger partial charge in [0.25, 0.3) is 0 Å². The lowest BCUT2D eigenvalue weighted by molar-refractivity contribution is 0.239. The largest absolute Gasteiger partial charge is 0.489 e. The zero-order valence-corrected chi connectivity index (χ0v) is 19.5. The molecule has 2 unspecified atom stereocenters. The lowest BCUT2D eigenvalue weighted by Crippen LogP contribution is -2.22. The second-order valence-corrected chi connectivity index (χ2v) is 9.81. The maximum Gasteiger partial charge on any atom is 0.165 e. The molecule has 2 atom stereocenters. The Kier molecular flexibility index (Phi) is 7.65. The summed E-state index contributed by atoms with van der Waals surface area (Å²) >= 11 is 0. The molecule has 0 spiro atoms. The third kappa shape index (κ3) is 5.42. The maximum absolute atomic E-state index is 14.0. The normalized spacial score (nSPS) is 25.6. The Morgan fingerprint density at radius 3 is 2.25 bits per heavy atom. The van der Waals surface area contributed by atoms with E-state index in [1.165, 1.54) is 56.9 Å². The van der Waals surface area contributed by atoms with Crippen molar-refractivity contribution in [2.45, 2.75) is 77.7 Å². The fraction of sp³-hybridized carbons (Fsp3) is 0.517. The van der Waals surface area contributed by atoms with E-state index in [1.54, 1.807) is 19.1 Å². The Hall–Kier alpha value is -2.16. The Morgan fingerprint density at radius 1 is 0.844 bits per heavy atom. The second kappa shape index (κ2) is 10.6. The molecule has 2 aliphatic carbocycles. The third-order valence-electron chi connectivity index (χ3n) is 7.64. The highest BCUT2D eigenvalue weighted by Crippen LogP contribution is 2.42. The van der Waals surface area contributed by atoms with Crippen LogP contribution in [0, 0.1) is 36.3 Å². The average Bonchev–Trinajstić information content (AvgIpc) is 2.83. The predicted molar refractivity (Wildman–Crippen MR) is 127 cm³/mol. The van der Waals surface area contributed by atoms with Crippen LogP contribution in [0.1, 0.15) is 80.9 Å². The van der Waals surface area contributed by atoms with Gasteiger partial charge < -0.3 is 4.74 Å². The highest BCUT2D eigenvalue weighted by atomic mass is 19.2. The molecule has 172 valence electrons. The van der Waals surface area contributed by atoms with Gasteiger partial charge in [-0.1, -0.05) is 49.8 Å². The topological polar surface area (TPSA) is 9.23 Å². The van der Waals surface area contributed by atoms with Crippen LogP contribution in [0.4, 0.5) is 8.78 Å². The minimum atomic E-state index is -0.813. The standard InChI is InChI=1S/C29H36F2O/c1-3-4-21-6-9-22(10-7-21)23-11-13-24(14-12-23)25-15-17-27(18-16-25)32-19-26-8-5-20(2)28(30)29(26)31/h5-6,8-9,15-18,21-24H,3-4,7,10-14,19H2,1-2H3. The smallest absolute Gasteiger partial charge is 0.165 e. The van der Waals surface area contributed by atoms with Crippen LogP contribution in [0.3, 0.4) is 0 Å². The number of aryl methyl sites for hydroxylation is 1. The lowest BCUT2D eigenvalue weighted by Gasteiger charge is -2.35. The second-order valence-electron chi connectivity index (χ2n) is 9.81. The summed E-state index contributed by atoms with van der Waals surface area (Å²) in [6.07, 6.45) is 15.5. The quantitative estimate of drug-likeness (QED) is 0.394. The first-order valence-corrected chi connectivity index (χ1v) is 12.4. The summed E-state index contributed by atoms with van der Waals surface area (Å²) in [5, 5.41) is 0. The predicted octanol–water partition coefficient (Wildman–Crippen LogP) is 8.51. The van der Waals surface area contributed by atoms with Gasteiger partial charge in [-0.2, -0.15) is 0 Å². The molecule has 3 heteroatoms. The Morgan fingerprint density at radius 2 is 1.59 bits per heavy atom. The number of rotatable bonds is 7. The summed E-state index contributed by atoms with van der Waals surface area (Å²) in [7, 11) is 0. The molecule has 2 aromatic carbocycles. The van der Waals surface area contributed by atoms with E-state index in [0.29, 0.717) is 17.2 Å². The van der Waals surface area contributed by atoms with Gasteiger partial charge in [0.15, 0.2) is 11.6 Å². The molecular formula is C29H36F2O. The van der Waals surface area contributed by atoms with Crippen molar-refractivity contribution in [3.05, 3.63) is 76.9 Å². The summed E-state index contributed by atoms with van der Waals surface area (Å²) < 4.78 is 33.5. The van der Waals surface area contributed by atoms with Crippen molar-refractivity contribution in [3.63, 3.8) is 0 Å². The monoisotopic (exact) mass is 438 g/mol. The van der Waals surface area contributed by atoms with E-state index < -0.39 is 11.6 Å². The van der Waals surface area contributed by atoms with Crippen molar-refractivity contribution in [3.8, 4) is 5.75 Å². The van der Waals surface area contributed by atoms with E-state index in [1.807, 2.05) is 12.1 Å². The molecular weight excluding hydrogens is 402 g/mol. The zero-order chi connectivity index (χ0) is 22.5. The fourth-order valence-electron chi connectivity index (χ4n) is 5.58. The molecule has 2 aromatic rings. The molecule has 1 fully saturated rings. The summed E-state index contributed by atoms with van der Waals surface area (Å²) in [6.45, 7) is 3.87. The van der Waals surface area contributed by atoms with Crippen molar-refractivity contribution in [2.24, 2.45) is 17.8 Å². The van der Waals surface area contributed by atoms with Crippen LogP contribution in [-0.2, 0) is 6.61 Å². The molecule has 1 saturated carbocycles. The van der Waals surface area contributed by atoms with E-state index >= 15 is 0 Å². The van der Waals surface area contributed by atoms with Crippen molar-refractivity contribution in [1.82, 2.24) is 0 Å². The molecule has 0 radical (unpaired) electrons. The van der Waals surface area contributed by atoms with Crippen LogP contribution in [0.5, 0.6) is 5.75 Å². The van der Waals surface area contributed by atoms with Gasteiger partial charge in [0.1, 0.15) is 12.4 Å². The van der Waals surface area contributed by atoms with Crippen LogP contribution < -0.4 is 4.74 Å². The van der Waals surface area contributed by atoms with Gasteiger partial charge in [-0.3, -0.25) is 0 Å². The molecule has 0 N–H and O–H groups in total. The fourth-order valence-corrected chi connectivity index (χ4v) is 5.58. The average molecular weight is 439 g/mol. The maximum atomic E-state index is 14.0. The molecule has 4 rings (SSSR count). The highest BCUT2D eigenvalue weighted by molar-refractivity contribution is 5.31. The number of hydrogen-bond acceptors (Lipinski definition) is 1. The van der Waals surface area contributed by atoms with Crippen molar-refractivity contribution in [2.75, 3.05) is 0 Å². The van der Waals surface area contributed by atoms with E-state index in [4.69, 9.17) is 4.74 Å². The molecule has 2 aliphatic rings. The van der Waals surface area contributed by atoms with Crippen molar-refractivity contribution in [1.29, 1.82) is 0 Å². The zero-order valence-electron chi connectivity index (χ0n) is 19.5. The summed E-state index contributed by atoms with van der Waals surface area (Å²) in [5.41, 5.74) is 1.92. The van der Waals surface area contributed by atoms with Crippen molar-refractivity contribution < 1.29 is 13.5 Å². The Balaban J connectivity index is 1.27. The number of hydrogen-bond donors (Lipinski definition) is 0. The van der Waals surface area contributed by atoms with Crippen molar-refractivity contribution >= 4 is 0 Å². The molecule has 0 amide bonds.